The maximum Gasteiger partial charge on any atom is 0.325 e. The Morgan fingerprint density at radius 2 is 1.48 bits per heavy atom. The molecule has 1 rings (SSSR count). The molecule has 0 aromatic heterocycles. The highest BCUT2D eigenvalue weighted by molar-refractivity contribution is 5.95. The molecule has 0 radical (unpaired) electrons. The van der Waals surface area contributed by atoms with Crippen LogP contribution < -0.4 is 21.7 Å². The van der Waals surface area contributed by atoms with E-state index in [9.17, 15) is 34.2 Å². The average Bonchev–Trinajstić information content (AvgIpc) is 2.71. The van der Waals surface area contributed by atoms with Crippen LogP contribution in [-0.4, -0.2) is 80.4 Å². The van der Waals surface area contributed by atoms with Crippen molar-refractivity contribution in [1.29, 1.82) is 0 Å². The van der Waals surface area contributed by atoms with Crippen LogP contribution in [0.25, 0.3) is 0 Å². The summed E-state index contributed by atoms with van der Waals surface area (Å²) in [5.74, 6) is -5.74. The van der Waals surface area contributed by atoms with Crippen molar-refractivity contribution in [2.24, 2.45) is 5.73 Å². The van der Waals surface area contributed by atoms with Gasteiger partial charge in [0.1, 0.15) is 23.9 Å². The maximum absolute atomic E-state index is 12.6. The number of rotatable bonds is 12. The van der Waals surface area contributed by atoms with Gasteiger partial charge in [-0.1, -0.05) is 12.1 Å². The van der Waals surface area contributed by atoms with Crippen molar-refractivity contribution in [2.75, 3.05) is 0 Å². The van der Waals surface area contributed by atoms with Gasteiger partial charge in [0.25, 0.3) is 0 Å². The number of carboxylic acid groups (broad SMARTS) is 2. The minimum atomic E-state index is -1.67. The van der Waals surface area contributed by atoms with Gasteiger partial charge in [-0.15, -0.1) is 0 Å². The first kappa shape index (κ1) is 27.3. The second kappa shape index (κ2) is 12.4. The van der Waals surface area contributed by atoms with Crippen LogP contribution in [0.15, 0.2) is 24.3 Å². The summed E-state index contributed by atoms with van der Waals surface area (Å²) in [5.41, 5.74) is 6.47. The zero-order valence-corrected chi connectivity index (χ0v) is 18.0. The zero-order valence-electron chi connectivity index (χ0n) is 18.0. The second-order valence-corrected chi connectivity index (χ2v) is 7.43. The summed E-state index contributed by atoms with van der Waals surface area (Å²) < 4.78 is 0. The van der Waals surface area contributed by atoms with Gasteiger partial charge in [0.15, 0.2) is 0 Å². The minimum absolute atomic E-state index is 0.0281. The largest absolute Gasteiger partial charge is 0.508 e. The van der Waals surface area contributed by atoms with Gasteiger partial charge in [0, 0.05) is 0 Å². The van der Waals surface area contributed by atoms with E-state index in [1.807, 2.05) is 5.32 Å². The third-order valence-corrected chi connectivity index (χ3v) is 4.53. The molecule has 5 unspecified atom stereocenters. The van der Waals surface area contributed by atoms with E-state index in [1.54, 1.807) is 12.1 Å². The Hall–Kier alpha value is -3.71. The summed E-state index contributed by atoms with van der Waals surface area (Å²) in [4.78, 5) is 59.3. The third kappa shape index (κ3) is 9.13. The third-order valence-electron chi connectivity index (χ3n) is 4.53. The predicted octanol–water partition coefficient (Wildman–Crippen LogP) is -2.32. The van der Waals surface area contributed by atoms with E-state index < -0.39 is 66.4 Å². The lowest BCUT2D eigenvalue weighted by molar-refractivity contribution is -0.143. The Morgan fingerprint density at radius 1 is 0.909 bits per heavy atom. The molecule has 13 nitrogen and oxygen atoms in total. The van der Waals surface area contributed by atoms with Crippen LogP contribution in [-0.2, 0) is 30.4 Å². The number of carbonyl (C=O) groups is 5. The highest BCUT2D eigenvalue weighted by Crippen LogP contribution is 2.11. The molecule has 33 heavy (non-hydrogen) atoms. The van der Waals surface area contributed by atoms with Gasteiger partial charge in [-0.3, -0.25) is 24.0 Å². The first-order chi connectivity index (χ1) is 15.3. The van der Waals surface area contributed by atoms with Gasteiger partial charge in [0.05, 0.1) is 18.6 Å². The quantitative estimate of drug-likeness (QED) is 0.163. The van der Waals surface area contributed by atoms with Crippen molar-refractivity contribution in [3.63, 3.8) is 0 Å². The Kier molecular flexibility index (Phi) is 10.2. The molecule has 0 aliphatic rings. The Bertz CT molecular complexity index is 873. The molecule has 1 aromatic rings. The Morgan fingerprint density at radius 3 is 1.97 bits per heavy atom. The molecule has 9 N–H and O–H groups in total. The number of nitrogens with two attached hydrogens (primary N) is 1. The number of amides is 3. The van der Waals surface area contributed by atoms with E-state index in [0.29, 0.717) is 5.56 Å². The summed E-state index contributed by atoms with van der Waals surface area (Å²) in [7, 11) is 0. The van der Waals surface area contributed by atoms with Crippen molar-refractivity contribution in [3.05, 3.63) is 29.8 Å². The van der Waals surface area contributed by atoms with Crippen LogP contribution in [0.3, 0.4) is 0 Å². The molecule has 13 heteroatoms. The van der Waals surface area contributed by atoms with Crippen LogP contribution in [0.2, 0.25) is 0 Å². The Labute approximate surface area is 189 Å². The fourth-order valence-corrected chi connectivity index (χ4v) is 2.67. The van der Waals surface area contributed by atoms with E-state index >= 15 is 0 Å². The highest BCUT2D eigenvalue weighted by Gasteiger charge is 2.32. The molecule has 0 fully saturated rings. The van der Waals surface area contributed by atoms with E-state index in [4.69, 9.17) is 15.9 Å². The maximum atomic E-state index is 12.6. The molecule has 0 aliphatic heterocycles. The monoisotopic (exact) mass is 468 g/mol. The fourth-order valence-electron chi connectivity index (χ4n) is 2.67. The lowest BCUT2D eigenvalue weighted by atomic mass is 10.0. The number of phenolic OH excluding ortho intramolecular Hbond substituents is 1. The number of aliphatic hydroxyl groups is 1. The highest BCUT2D eigenvalue weighted by atomic mass is 16.4. The summed E-state index contributed by atoms with van der Waals surface area (Å²) in [6, 6.07) is 0.192. The standard InChI is InChI=1S/C20H28N4O9/c1-9(20(32)33)22-18(30)14(8-15(27)28)23-19(31)16(10(2)25)24-17(29)13(21)7-11-3-5-12(26)6-4-11/h3-6,9-10,13-14,16,25-26H,7-8,21H2,1-2H3,(H,22,30)(H,23,31)(H,24,29)(H,27,28)(H,32,33). The van der Waals surface area contributed by atoms with Gasteiger partial charge < -0.3 is 42.1 Å². The molecule has 1 aromatic carbocycles. The zero-order chi connectivity index (χ0) is 25.3. The smallest absolute Gasteiger partial charge is 0.325 e. The molecular weight excluding hydrogens is 440 g/mol. The van der Waals surface area contributed by atoms with Crippen LogP contribution >= 0.6 is 0 Å². The van der Waals surface area contributed by atoms with Crippen LogP contribution in [0.5, 0.6) is 5.75 Å². The number of nitrogens with one attached hydrogen (secondary N) is 3. The van der Waals surface area contributed by atoms with E-state index in [1.165, 1.54) is 19.1 Å². The molecule has 0 saturated carbocycles. The molecule has 3 amide bonds. The fraction of sp³-hybridized carbons (Fsp3) is 0.450. The Balaban J connectivity index is 2.87. The lowest BCUT2D eigenvalue weighted by Crippen LogP contribution is -2.60. The predicted molar refractivity (Wildman–Crippen MR) is 113 cm³/mol. The molecular formula is C20H28N4O9. The molecule has 182 valence electrons. The van der Waals surface area contributed by atoms with E-state index in [2.05, 4.69) is 10.6 Å². The molecule has 0 saturated heterocycles. The molecule has 0 bridgehead atoms. The average molecular weight is 468 g/mol. The van der Waals surface area contributed by atoms with Crippen LogP contribution in [0, 0.1) is 0 Å². The molecule has 0 heterocycles. The van der Waals surface area contributed by atoms with Crippen molar-refractivity contribution in [3.8, 4) is 5.75 Å². The van der Waals surface area contributed by atoms with Crippen molar-refractivity contribution < 1.29 is 44.4 Å². The summed E-state index contributed by atoms with van der Waals surface area (Å²) in [5, 5.41) is 43.6. The van der Waals surface area contributed by atoms with Gasteiger partial charge in [-0.25, -0.2) is 0 Å². The van der Waals surface area contributed by atoms with Crippen LogP contribution in [0.1, 0.15) is 25.8 Å². The number of phenols is 1. The van der Waals surface area contributed by atoms with Gasteiger partial charge in [-0.2, -0.15) is 0 Å². The number of aliphatic hydroxyl groups excluding tert-OH is 1. The van der Waals surface area contributed by atoms with Crippen LogP contribution in [0.4, 0.5) is 0 Å². The van der Waals surface area contributed by atoms with Crippen molar-refractivity contribution >= 4 is 29.7 Å². The van der Waals surface area contributed by atoms with Crippen molar-refractivity contribution in [1.82, 2.24) is 16.0 Å². The normalized spacial score (nSPS) is 15.3. The number of carbonyl (C=O) groups excluding carboxylic acids is 3. The summed E-state index contributed by atoms with van der Waals surface area (Å²) >= 11 is 0. The number of hydrogen-bond donors (Lipinski definition) is 8. The molecule has 5 atom stereocenters. The summed E-state index contributed by atoms with van der Waals surface area (Å²) in [6.45, 7) is 2.34. The van der Waals surface area contributed by atoms with Gasteiger partial charge in [0.2, 0.25) is 17.7 Å². The minimum Gasteiger partial charge on any atom is -0.508 e. The number of benzene rings is 1. The lowest BCUT2D eigenvalue weighted by Gasteiger charge is -2.25. The van der Waals surface area contributed by atoms with Gasteiger partial charge >= 0.3 is 11.9 Å². The van der Waals surface area contributed by atoms with E-state index in [-0.39, 0.29) is 12.2 Å². The van der Waals surface area contributed by atoms with Crippen molar-refractivity contribution in [2.45, 2.75) is 57.0 Å². The number of aliphatic carboxylic acids is 2. The number of carboxylic acids is 2. The summed E-state index contributed by atoms with van der Waals surface area (Å²) in [6.07, 6.45) is -2.26. The second-order valence-electron chi connectivity index (χ2n) is 7.43. The van der Waals surface area contributed by atoms with E-state index in [0.717, 1.165) is 6.92 Å². The molecule has 0 aliphatic carbocycles. The SMILES string of the molecule is CC(NC(=O)C(CC(=O)O)NC(=O)C(NC(=O)C(N)Cc1ccc(O)cc1)C(C)O)C(=O)O. The first-order valence-corrected chi connectivity index (χ1v) is 9.89. The van der Waals surface area contributed by atoms with Gasteiger partial charge in [-0.05, 0) is 38.0 Å². The first-order valence-electron chi connectivity index (χ1n) is 9.89. The topological polar surface area (TPSA) is 228 Å². The number of hydrogen-bond acceptors (Lipinski definition) is 8. The number of aromatic hydroxyl groups is 1. The molecule has 0 spiro atoms.